The van der Waals surface area contributed by atoms with Crippen LogP contribution < -0.4 is 0 Å². The molecular weight excluding hydrogens is 261 g/mol. The summed E-state index contributed by atoms with van der Waals surface area (Å²) in [4.78, 5) is 4.50. The lowest BCUT2D eigenvalue weighted by Crippen LogP contribution is -1.96. The van der Waals surface area contributed by atoms with Crippen molar-refractivity contribution in [2.45, 2.75) is 38.1 Å². The van der Waals surface area contributed by atoms with E-state index in [0.717, 1.165) is 5.92 Å². The van der Waals surface area contributed by atoms with Gasteiger partial charge < -0.3 is 0 Å². The molecule has 0 N–H and O–H groups in total. The molecule has 0 aromatic carbocycles. The highest BCUT2D eigenvalue weighted by atomic mass is 127. The molecule has 1 heterocycles. The molecule has 0 spiro atoms. The second-order valence-electron chi connectivity index (χ2n) is 3.75. The molecule has 2 aliphatic rings. The van der Waals surface area contributed by atoms with Gasteiger partial charge in [-0.2, -0.15) is 0 Å². The predicted octanol–water partition coefficient (Wildman–Crippen LogP) is 3.34. The third-order valence-electron chi connectivity index (χ3n) is 2.55. The van der Waals surface area contributed by atoms with Crippen molar-refractivity contribution in [3.05, 3.63) is 12.2 Å². The van der Waals surface area contributed by atoms with Gasteiger partial charge in [-0.25, -0.2) is 0 Å². The van der Waals surface area contributed by atoms with Gasteiger partial charge in [0.1, 0.15) is 0 Å². The van der Waals surface area contributed by atoms with Crippen LogP contribution in [-0.2, 0) is 0 Å². The monoisotopic (exact) mass is 275 g/mol. The summed E-state index contributed by atoms with van der Waals surface area (Å²) in [6.45, 7) is 0. The second kappa shape index (κ2) is 3.90. The smallest absolute Gasteiger partial charge is 0.0958 e. The number of allylic oxidation sites excluding steroid dienone is 1. The maximum Gasteiger partial charge on any atom is 0.0958 e. The van der Waals surface area contributed by atoms with Crippen LogP contribution in [0, 0.1) is 5.92 Å². The lowest BCUT2D eigenvalue weighted by atomic mass is 10.1. The minimum atomic E-state index is 0.510. The second-order valence-corrected chi connectivity index (χ2v) is 4.86. The largest absolute Gasteiger partial charge is 0.271 e. The topological polar surface area (TPSA) is 12.4 Å². The molecule has 0 radical (unpaired) electrons. The van der Waals surface area contributed by atoms with Gasteiger partial charge in [-0.05, 0) is 41.0 Å². The fourth-order valence-electron chi connectivity index (χ4n) is 1.62. The van der Waals surface area contributed by atoms with Crippen molar-refractivity contribution in [3.8, 4) is 0 Å². The van der Waals surface area contributed by atoms with Gasteiger partial charge in [-0.1, -0.05) is 31.8 Å². The fourth-order valence-corrected chi connectivity index (χ4v) is 2.18. The Morgan fingerprint density at radius 2 is 2.25 bits per heavy atom. The van der Waals surface area contributed by atoms with E-state index in [2.05, 4.69) is 39.7 Å². The molecule has 1 aliphatic heterocycles. The zero-order valence-electron chi connectivity index (χ0n) is 7.17. The molecule has 1 atom stereocenters. The molecule has 0 saturated heterocycles. The number of nitrogens with zero attached hydrogens (tertiary/aromatic N) is 1. The highest BCUT2D eigenvalue weighted by Crippen LogP contribution is 2.34. The summed E-state index contributed by atoms with van der Waals surface area (Å²) in [6, 6.07) is 0.510. The van der Waals surface area contributed by atoms with E-state index in [-0.39, 0.29) is 0 Å². The quantitative estimate of drug-likeness (QED) is 0.698. The molecule has 1 nitrogen and oxygen atoms in total. The van der Waals surface area contributed by atoms with Crippen LogP contribution in [0.25, 0.3) is 0 Å². The molecule has 12 heavy (non-hydrogen) atoms. The normalized spacial score (nSPS) is 27.8. The Labute approximate surface area is 87.5 Å². The molecule has 0 bridgehead atoms. The summed E-state index contributed by atoms with van der Waals surface area (Å²) >= 11 is 2.29. The highest BCUT2D eigenvalue weighted by Gasteiger charge is 2.20. The number of hydrogen-bond acceptors (Lipinski definition) is 1. The van der Waals surface area contributed by atoms with E-state index in [4.69, 9.17) is 0 Å². The van der Waals surface area contributed by atoms with Gasteiger partial charge in [0.25, 0.3) is 0 Å². The maximum atomic E-state index is 4.50. The molecule has 0 aromatic rings. The Morgan fingerprint density at radius 1 is 1.42 bits per heavy atom. The van der Waals surface area contributed by atoms with Crippen LogP contribution in [0.4, 0.5) is 0 Å². The third kappa shape index (κ3) is 2.57. The number of aliphatic imine (C=N–C) groups is 1. The van der Waals surface area contributed by atoms with Crippen LogP contribution in [0.15, 0.2) is 17.1 Å². The Hall–Kier alpha value is 0.140. The van der Waals surface area contributed by atoms with Crippen molar-refractivity contribution in [2.24, 2.45) is 10.9 Å². The van der Waals surface area contributed by atoms with Gasteiger partial charge in [0.2, 0.25) is 0 Å². The van der Waals surface area contributed by atoms with Gasteiger partial charge in [-0.3, -0.25) is 4.99 Å². The van der Waals surface area contributed by atoms with E-state index in [1.807, 2.05) is 0 Å². The first-order chi connectivity index (χ1) is 5.84. The molecule has 2 heteroatoms. The van der Waals surface area contributed by atoms with Crippen molar-refractivity contribution in [2.75, 3.05) is 0 Å². The van der Waals surface area contributed by atoms with E-state index in [1.54, 1.807) is 0 Å². The molecule has 1 saturated carbocycles. The summed E-state index contributed by atoms with van der Waals surface area (Å²) in [7, 11) is 0. The summed E-state index contributed by atoms with van der Waals surface area (Å²) in [6.07, 6.45) is 11.4. The van der Waals surface area contributed by atoms with Gasteiger partial charge in [0, 0.05) is 0 Å². The molecule has 1 unspecified atom stereocenters. The minimum Gasteiger partial charge on any atom is -0.271 e. The van der Waals surface area contributed by atoms with Crippen molar-refractivity contribution < 1.29 is 0 Å². The first-order valence-corrected chi connectivity index (χ1v) is 5.84. The van der Waals surface area contributed by atoms with Crippen molar-refractivity contribution in [3.63, 3.8) is 0 Å². The van der Waals surface area contributed by atoms with Crippen LogP contribution in [0.5, 0.6) is 0 Å². The van der Waals surface area contributed by atoms with Crippen LogP contribution in [0.2, 0.25) is 0 Å². The molecular formula is C10H14IN. The van der Waals surface area contributed by atoms with Gasteiger partial charge in [0.05, 0.1) is 9.76 Å². The zero-order valence-corrected chi connectivity index (χ0v) is 9.33. The third-order valence-corrected chi connectivity index (χ3v) is 3.19. The van der Waals surface area contributed by atoms with Crippen molar-refractivity contribution >= 4 is 26.3 Å². The number of halogens is 1. The summed E-state index contributed by atoms with van der Waals surface area (Å²) in [5, 5.41) is 0. The average Bonchev–Trinajstić information content (AvgIpc) is 2.76. The van der Waals surface area contributed by atoms with Crippen LogP contribution in [-0.4, -0.2) is 9.76 Å². The van der Waals surface area contributed by atoms with Gasteiger partial charge in [0.15, 0.2) is 0 Å². The molecule has 0 amide bonds. The zero-order chi connectivity index (χ0) is 8.39. The van der Waals surface area contributed by atoms with E-state index in [9.17, 15) is 0 Å². The van der Waals surface area contributed by atoms with E-state index < -0.39 is 0 Å². The standard InChI is InChI=1S/C10H14IN/c11-10-7-6-9(12-10)3-1-2-8-4-5-8/h6-9H,1-5H2. The Bertz CT molecular complexity index is 216. The minimum absolute atomic E-state index is 0.510. The van der Waals surface area contributed by atoms with E-state index in [0.29, 0.717) is 6.04 Å². The highest BCUT2D eigenvalue weighted by molar-refractivity contribution is 14.1. The summed E-state index contributed by atoms with van der Waals surface area (Å²) < 4.78 is 1.17. The number of rotatable bonds is 4. The van der Waals surface area contributed by atoms with Gasteiger partial charge >= 0.3 is 0 Å². The Kier molecular flexibility index (Phi) is 2.84. The summed E-state index contributed by atoms with van der Waals surface area (Å²) in [5.41, 5.74) is 0. The molecule has 66 valence electrons. The van der Waals surface area contributed by atoms with E-state index >= 15 is 0 Å². The molecule has 1 fully saturated rings. The Balaban J connectivity index is 1.63. The lowest BCUT2D eigenvalue weighted by Gasteiger charge is -2.02. The van der Waals surface area contributed by atoms with Crippen LogP contribution >= 0.6 is 22.6 Å². The van der Waals surface area contributed by atoms with Gasteiger partial charge in [-0.15, -0.1) is 0 Å². The predicted molar refractivity (Wildman–Crippen MR) is 61.0 cm³/mol. The van der Waals surface area contributed by atoms with Crippen LogP contribution in [0.3, 0.4) is 0 Å². The molecule has 1 aliphatic carbocycles. The molecule has 2 rings (SSSR count). The van der Waals surface area contributed by atoms with Crippen molar-refractivity contribution in [1.82, 2.24) is 0 Å². The maximum absolute atomic E-state index is 4.50. The SMILES string of the molecule is IC1=NC(CCCC2CC2)C=C1. The Morgan fingerprint density at radius 3 is 2.83 bits per heavy atom. The summed E-state index contributed by atoms with van der Waals surface area (Å²) in [5.74, 6) is 1.08. The number of hydrogen-bond donors (Lipinski definition) is 0. The van der Waals surface area contributed by atoms with E-state index in [1.165, 1.54) is 35.8 Å². The van der Waals surface area contributed by atoms with Crippen LogP contribution in [0.1, 0.15) is 32.1 Å². The van der Waals surface area contributed by atoms with Crippen molar-refractivity contribution in [1.29, 1.82) is 0 Å². The fraction of sp³-hybridized carbons (Fsp3) is 0.700. The first-order valence-electron chi connectivity index (χ1n) is 4.76. The lowest BCUT2D eigenvalue weighted by molar-refractivity contribution is 0.600. The average molecular weight is 275 g/mol. The first kappa shape index (κ1) is 8.73. The molecule has 0 aromatic heterocycles.